The van der Waals surface area contributed by atoms with Gasteiger partial charge in [0.25, 0.3) is 5.91 Å². The van der Waals surface area contributed by atoms with Gasteiger partial charge in [-0.15, -0.1) is 0 Å². The van der Waals surface area contributed by atoms with E-state index in [4.69, 9.17) is 16.3 Å². The molecule has 4 nitrogen and oxygen atoms in total. The number of likely N-dealkylation sites (N-methyl/N-ethyl adjacent to an activating group) is 1. The topological polar surface area (TPSA) is 41.6 Å². The van der Waals surface area contributed by atoms with Crippen LogP contribution in [-0.2, 0) is 16.1 Å². The first-order valence-corrected chi connectivity index (χ1v) is 6.73. The predicted octanol–water partition coefficient (Wildman–Crippen LogP) is 1.68. The van der Waals surface area contributed by atoms with Gasteiger partial charge in [0.15, 0.2) is 5.60 Å². The van der Waals surface area contributed by atoms with Crippen molar-refractivity contribution in [1.29, 1.82) is 0 Å². The molecule has 1 N–H and O–H groups in total. The molecule has 19 heavy (non-hydrogen) atoms. The maximum atomic E-state index is 12.2. The number of carbonyl (C=O) groups excluding carboxylic acids is 1. The van der Waals surface area contributed by atoms with Crippen LogP contribution >= 0.6 is 11.6 Å². The molecule has 1 aromatic rings. The Balaban J connectivity index is 1.94. The number of amides is 1. The summed E-state index contributed by atoms with van der Waals surface area (Å²) in [5.74, 6) is -0.0842. The Morgan fingerprint density at radius 3 is 3.05 bits per heavy atom. The molecular weight excluding hydrogens is 264 g/mol. The second kappa shape index (κ2) is 5.90. The summed E-state index contributed by atoms with van der Waals surface area (Å²) < 4.78 is 5.63. The molecule has 1 amide bonds. The Bertz CT molecular complexity index is 467. The largest absolute Gasteiger partial charge is 0.363 e. The lowest BCUT2D eigenvalue weighted by molar-refractivity contribution is -0.155. The van der Waals surface area contributed by atoms with E-state index in [0.29, 0.717) is 24.7 Å². The van der Waals surface area contributed by atoms with Crippen molar-refractivity contribution in [3.63, 3.8) is 0 Å². The van der Waals surface area contributed by atoms with Gasteiger partial charge in [0, 0.05) is 24.7 Å². The van der Waals surface area contributed by atoms with Crippen LogP contribution in [0.5, 0.6) is 0 Å². The minimum Gasteiger partial charge on any atom is -0.363 e. The first-order chi connectivity index (χ1) is 8.99. The first-order valence-electron chi connectivity index (χ1n) is 6.35. The molecule has 0 aliphatic carbocycles. The number of ether oxygens (including phenoxy) is 1. The smallest absolute Gasteiger partial charge is 0.253 e. The highest BCUT2D eigenvalue weighted by molar-refractivity contribution is 6.30. The lowest BCUT2D eigenvalue weighted by Crippen LogP contribution is -2.57. The zero-order valence-corrected chi connectivity index (χ0v) is 12.0. The summed E-state index contributed by atoms with van der Waals surface area (Å²) in [6, 6.07) is 7.46. The maximum absolute atomic E-state index is 12.2. The molecule has 1 atom stereocenters. The summed E-state index contributed by atoms with van der Waals surface area (Å²) in [4.78, 5) is 14.3. The van der Waals surface area contributed by atoms with E-state index in [1.807, 2.05) is 38.2 Å². The van der Waals surface area contributed by atoms with Crippen molar-refractivity contribution >= 4 is 17.5 Å². The Kier molecular flexibility index (Phi) is 4.45. The molecule has 1 fully saturated rings. The van der Waals surface area contributed by atoms with Crippen LogP contribution in [0.3, 0.4) is 0 Å². The standard InChI is InChI=1S/C14H19ClN2O2/c1-14(10-17(2)6-7-19-14)13(18)16-9-11-4-3-5-12(15)8-11/h3-5,8H,6-7,9-10H2,1-2H3,(H,16,18)/t14-/m1/s1. The Labute approximate surface area is 118 Å². The van der Waals surface area contributed by atoms with Crippen molar-refractivity contribution in [2.24, 2.45) is 0 Å². The molecule has 1 saturated heterocycles. The summed E-state index contributed by atoms with van der Waals surface area (Å²) in [5, 5.41) is 3.58. The van der Waals surface area contributed by atoms with Crippen molar-refractivity contribution in [2.45, 2.75) is 19.1 Å². The molecule has 5 heteroatoms. The zero-order valence-electron chi connectivity index (χ0n) is 11.3. The van der Waals surface area contributed by atoms with Crippen LogP contribution in [0, 0.1) is 0 Å². The Hall–Kier alpha value is -1.10. The number of nitrogens with zero attached hydrogens (tertiary/aromatic N) is 1. The van der Waals surface area contributed by atoms with Gasteiger partial charge in [-0.3, -0.25) is 4.79 Å². The van der Waals surface area contributed by atoms with Gasteiger partial charge < -0.3 is 15.0 Å². The fraction of sp³-hybridized carbons (Fsp3) is 0.500. The van der Waals surface area contributed by atoms with Crippen LogP contribution in [-0.4, -0.2) is 43.2 Å². The monoisotopic (exact) mass is 282 g/mol. The molecule has 0 bridgehead atoms. The normalized spacial score (nSPS) is 24.2. The second-order valence-corrected chi connectivity index (χ2v) is 5.57. The molecule has 0 unspecified atom stereocenters. The molecule has 104 valence electrons. The van der Waals surface area contributed by atoms with Crippen molar-refractivity contribution in [3.8, 4) is 0 Å². The highest BCUT2D eigenvalue weighted by Crippen LogP contribution is 2.17. The number of nitrogens with one attached hydrogen (secondary N) is 1. The fourth-order valence-electron chi connectivity index (χ4n) is 2.22. The molecule has 0 radical (unpaired) electrons. The average Bonchev–Trinajstić information content (AvgIpc) is 2.35. The van der Waals surface area contributed by atoms with Crippen LogP contribution in [0.15, 0.2) is 24.3 Å². The number of benzene rings is 1. The predicted molar refractivity (Wildman–Crippen MR) is 75.2 cm³/mol. The van der Waals surface area contributed by atoms with Gasteiger partial charge in [-0.05, 0) is 31.7 Å². The van der Waals surface area contributed by atoms with Crippen molar-refractivity contribution in [1.82, 2.24) is 10.2 Å². The highest BCUT2D eigenvalue weighted by Gasteiger charge is 2.37. The quantitative estimate of drug-likeness (QED) is 0.917. The van der Waals surface area contributed by atoms with E-state index in [1.54, 1.807) is 0 Å². The van der Waals surface area contributed by atoms with Gasteiger partial charge in [-0.25, -0.2) is 0 Å². The zero-order chi connectivity index (χ0) is 13.9. The van der Waals surface area contributed by atoms with Gasteiger partial charge in [0.1, 0.15) is 0 Å². The number of hydrogen-bond acceptors (Lipinski definition) is 3. The number of morpholine rings is 1. The van der Waals surface area contributed by atoms with Crippen LogP contribution < -0.4 is 5.32 Å². The van der Waals surface area contributed by atoms with E-state index in [1.165, 1.54) is 0 Å². The number of rotatable bonds is 3. The minimum absolute atomic E-state index is 0.0842. The number of hydrogen-bond donors (Lipinski definition) is 1. The van der Waals surface area contributed by atoms with E-state index >= 15 is 0 Å². The third-order valence-corrected chi connectivity index (χ3v) is 3.52. The maximum Gasteiger partial charge on any atom is 0.253 e. The molecular formula is C14H19ClN2O2. The van der Waals surface area contributed by atoms with E-state index in [0.717, 1.165) is 12.1 Å². The lowest BCUT2D eigenvalue weighted by atomic mass is 10.0. The molecule has 1 aliphatic rings. The van der Waals surface area contributed by atoms with E-state index in [9.17, 15) is 4.79 Å². The van der Waals surface area contributed by atoms with Gasteiger partial charge in [0.2, 0.25) is 0 Å². The molecule has 1 heterocycles. The van der Waals surface area contributed by atoms with Crippen LogP contribution in [0.4, 0.5) is 0 Å². The van der Waals surface area contributed by atoms with Gasteiger partial charge in [-0.1, -0.05) is 23.7 Å². The summed E-state index contributed by atoms with van der Waals surface area (Å²) in [7, 11) is 1.99. The fourth-order valence-corrected chi connectivity index (χ4v) is 2.43. The average molecular weight is 283 g/mol. The molecule has 0 saturated carbocycles. The first kappa shape index (κ1) is 14.3. The van der Waals surface area contributed by atoms with Gasteiger partial charge in [-0.2, -0.15) is 0 Å². The van der Waals surface area contributed by atoms with Crippen molar-refractivity contribution in [2.75, 3.05) is 26.7 Å². The van der Waals surface area contributed by atoms with Gasteiger partial charge in [0.05, 0.1) is 6.61 Å². The summed E-state index contributed by atoms with van der Waals surface area (Å²) in [6.45, 7) is 4.33. The highest BCUT2D eigenvalue weighted by atomic mass is 35.5. The van der Waals surface area contributed by atoms with Crippen molar-refractivity contribution in [3.05, 3.63) is 34.9 Å². The van der Waals surface area contributed by atoms with E-state index < -0.39 is 5.60 Å². The lowest BCUT2D eigenvalue weighted by Gasteiger charge is -2.37. The molecule has 0 aromatic heterocycles. The van der Waals surface area contributed by atoms with Gasteiger partial charge >= 0.3 is 0 Å². The SMILES string of the molecule is CN1CCO[C@@](C)(C(=O)NCc2cccc(Cl)c2)C1. The van der Waals surface area contributed by atoms with Crippen molar-refractivity contribution < 1.29 is 9.53 Å². The van der Waals surface area contributed by atoms with E-state index in [2.05, 4.69) is 10.2 Å². The van der Waals surface area contributed by atoms with Crippen LogP contribution in [0.25, 0.3) is 0 Å². The second-order valence-electron chi connectivity index (χ2n) is 5.13. The van der Waals surface area contributed by atoms with Crippen LogP contribution in [0.1, 0.15) is 12.5 Å². The third-order valence-electron chi connectivity index (χ3n) is 3.29. The molecule has 2 rings (SSSR count). The van der Waals surface area contributed by atoms with E-state index in [-0.39, 0.29) is 5.91 Å². The Morgan fingerprint density at radius 1 is 1.58 bits per heavy atom. The molecule has 1 aromatic carbocycles. The summed E-state index contributed by atoms with van der Waals surface area (Å²) in [5.41, 5.74) is 0.208. The molecule has 0 spiro atoms. The molecule has 1 aliphatic heterocycles. The third kappa shape index (κ3) is 3.69. The Morgan fingerprint density at radius 2 is 2.37 bits per heavy atom. The number of halogens is 1. The minimum atomic E-state index is -0.772. The van der Waals surface area contributed by atoms with Crippen LogP contribution in [0.2, 0.25) is 5.02 Å². The summed E-state index contributed by atoms with van der Waals surface area (Å²) in [6.07, 6.45) is 0. The number of carbonyl (C=O) groups is 1. The summed E-state index contributed by atoms with van der Waals surface area (Å²) >= 11 is 5.91.